The zero-order valence-corrected chi connectivity index (χ0v) is 12.0. The van der Waals surface area contributed by atoms with Crippen LogP contribution in [0.2, 0.25) is 0 Å². The first kappa shape index (κ1) is 13.3. The molecule has 0 radical (unpaired) electrons. The van der Waals surface area contributed by atoms with E-state index in [1.165, 1.54) is 30.4 Å². The molecule has 1 saturated carbocycles. The maximum absolute atomic E-state index is 4.13. The van der Waals surface area contributed by atoms with Crippen molar-refractivity contribution in [1.29, 1.82) is 0 Å². The van der Waals surface area contributed by atoms with E-state index in [4.69, 9.17) is 0 Å². The fourth-order valence-electron chi connectivity index (χ4n) is 2.79. The number of nitrogens with zero attached hydrogens (tertiary/aromatic N) is 1. The predicted octanol–water partition coefficient (Wildman–Crippen LogP) is 3.95. The van der Waals surface area contributed by atoms with Crippen LogP contribution in [0.15, 0.2) is 54.9 Å². The quantitative estimate of drug-likeness (QED) is 0.856. The molecule has 2 atom stereocenters. The lowest BCUT2D eigenvalue weighted by molar-refractivity contribution is 0.452. The molecule has 1 aliphatic rings. The number of hydrogen-bond donors (Lipinski definition) is 1. The van der Waals surface area contributed by atoms with Crippen LogP contribution >= 0.6 is 0 Å². The van der Waals surface area contributed by atoms with E-state index in [1.54, 1.807) is 0 Å². The minimum atomic E-state index is 0.257. The van der Waals surface area contributed by atoms with Gasteiger partial charge in [0.25, 0.3) is 0 Å². The van der Waals surface area contributed by atoms with Crippen LogP contribution in [-0.2, 0) is 0 Å². The van der Waals surface area contributed by atoms with Crippen LogP contribution < -0.4 is 5.32 Å². The Kier molecular flexibility index (Phi) is 4.12. The third-order valence-corrected chi connectivity index (χ3v) is 4.01. The number of hydrogen-bond acceptors (Lipinski definition) is 2. The molecule has 1 aromatic heterocycles. The second kappa shape index (κ2) is 6.19. The van der Waals surface area contributed by atoms with Crippen LogP contribution in [0.1, 0.15) is 43.4 Å². The summed E-state index contributed by atoms with van der Waals surface area (Å²) in [5, 5.41) is 3.79. The fraction of sp³-hybridized carbons (Fsp3) is 0.389. The maximum atomic E-state index is 4.13. The molecule has 2 nitrogen and oxygen atoms in total. The van der Waals surface area contributed by atoms with E-state index in [9.17, 15) is 0 Å². The van der Waals surface area contributed by atoms with Crippen molar-refractivity contribution >= 4 is 0 Å². The SMILES string of the molecule is CC(CC1CC1)NC(c1ccccc1)c1ccncc1. The first-order chi connectivity index (χ1) is 9.83. The summed E-state index contributed by atoms with van der Waals surface area (Å²) < 4.78 is 0. The van der Waals surface area contributed by atoms with Gasteiger partial charge in [-0.2, -0.15) is 0 Å². The van der Waals surface area contributed by atoms with Crippen LogP contribution in [0.3, 0.4) is 0 Å². The van der Waals surface area contributed by atoms with Gasteiger partial charge in [-0.25, -0.2) is 0 Å². The highest BCUT2D eigenvalue weighted by molar-refractivity contribution is 5.30. The van der Waals surface area contributed by atoms with E-state index < -0.39 is 0 Å². The summed E-state index contributed by atoms with van der Waals surface area (Å²) in [7, 11) is 0. The number of nitrogens with one attached hydrogen (secondary N) is 1. The number of pyridine rings is 1. The largest absolute Gasteiger partial charge is 0.304 e. The second-order valence-electron chi connectivity index (χ2n) is 5.87. The lowest BCUT2D eigenvalue weighted by Crippen LogP contribution is -2.31. The fourth-order valence-corrected chi connectivity index (χ4v) is 2.79. The highest BCUT2D eigenvalue weighted by atomic mass is 14.9. The first-order valence-electron chi connectivity index (χ1n) is 7.54. The zero-order valence-electron chi connectivity index (χ0n) is 12.0. The molecule has 3 rings (SSSR count). The summed E-state index contributed by atoms with van der Waals surface area (Å²) in [6, 6.07) is 15.7. The smallest absolute Gasteiger partial charge is 0.0579 e. The van der Waals surface area contributed by atoms with E-state index in [0.29, 0.717) is 6.04 Å². The lowest BCUT2D eigenvalue weighted by atomic mass is 9.98. The molecule has 1 fully saturated rings. The maximum Gasteiger partial charge on any atom is 0.0579 e. The highest BCUT2D eigenvalue weighted by Gasteiger charge is 2.25. The van der Waals surface area contributed by atoms with Crippen LogP contribution in [0.25, 0.3) is 0 Å². The van der Waals surface area contributed by atoms with Crippen molar-refractivity contribution in [3.8, 4) is 0 Å². The Balaban J connectivity index is 1.79. The normalized spacial score (nSPS) is 17.6. The van der Waals surface area contributed by atoms with Gasteiger partial charge < -0.3 is 5.32 Å². The highest BCUT2D eigenvalue weighted by Crippen LogP contribution is 2.34. The number of rotatable bonds is 6. The van der Waals surface area contributed by atoms with Gasteiger partial charge in [-0.05, 0) is 42.5 Å². The molecule has 104 valence electrons. The summed E-state index contributed by atoms with van der Waals surface area (Å²) in [5.41, 5.74) is 2.61. The topological polar surface area (TPSA) is 24.9 Å². The standard InChI is InChI=1S/C18H22N2/c1-14(13-15-7-8-15)20-18(16-5-3-2-4-6-16)17-9-11-19-12-10-17/h2-6,9-12,14-15,18,20H,7-8,13H2,1H3. The molecular weight excluding hydrogens is 244 g/mol. The predicted molar refractivity (Wildman–Crippen MR) is 82.5 cm³/mol. The van der Waals surface area contributed by atoms with Crippen molar-refractivity contribution in [3.63, 3.8) is 0 Å². The molecule has 20 heavy (non-hydrogen) atoms. The van der Waals surface area contributed by atoms with Gasteiger partial charge in [-0.1, -0.05) is 43.2 Å². The van der Waals surface area contributed by atoms with Crippen LogP contribution in [0.5, 0.6) is 0 Å². The summed E-state index contributed by atoms with van der Waals surface area (Å²) in [6.45, 7) is 2.30. The van der Waals surface area contributed by atoms with Crippen LogP contribution in [-0.4, -0.2) is 11.0 Å². The minimum Gasteiger partial charge on any atom is -0.304 e. The summed E-state index contributed by atoms with van der Waals surface area (Å²) in [5.74, 6) is 0.950. The Bertz CT molecular complexity index is 480. The molecule has 2 heteroatoms. The second-order valence-corrected chi connectivity index (χ2v) is 5.87. The van der Waals surface area contributed by atoms with E-state index in [0.717, 1.165) is 5.92 Å². The average molecular weight is 266 g/mol. The molecule has 1 N–H and O–H groups in total. The molecule has 0 bridgehead atoms. The van der Waals surface area contributed by atoms with Crippen LogP contribution in [0, 0.1) is 5.92 Å². The van der Waals surface area contributed by atoms with Gasteiger partial charge in [-0.3, -0.25) is 4.98 Å². The molecule has 1 aliphatic carbocycles. The lowest BCUT2D eigenvalue weighted by Gasteiger charge is -2.24. The molecule has 0 amide bonds. The Morgan fingerprint density at radius 1 is 1.05 bits per heavy atom. The van der Waals surface area contributed by atoms with Gasteiger partial charge in [0.1, 0.15) is 0 Å². The molecular formula is C18H22N2. The molecule has 0 aliphatic heterocycles. The Labute approximate surface area is 121 Å². The van der Waals surface area contributed by atoms with Gasteiger partial charge in [0.05, 0.1) is 6.04 Å². The van der Waals surface area contributed by atoms with Gasteiger partial charge in [0, 0.05) is 18.4 Å². The Hall–Kier alpha value is -1.67. The first-order valence-corrected chi connectivity index (χ1v) is 7.54. The zero-order chi connectivity index (χ0) is 13.8. The average Bonchev–Trinajstić information content (AvgIpc) is 3.30. The van der Waals surface area contributed by atoms with Gasteiger partial charge in [0.2, 0.25) is 0 Å². The van der Waals surface area contributed by atoms with E-state index >= 15 is 0 Å². The number of aromatic nitrogens is 1. The molecule has 2 aromatic rings. The van der Waals surface area contributed by atoms with Gasteiger partial charge in [0.15, 0.2) is 0 Å². The van der Waals surface area contributed by atoms with Crippen LogP contribution in [0.4, 0.5) is 0 Å². The number of benzene rings is 1. The van der Waals surface area contributed by atoms with Crippen molar-refractivity contribution in [1.82, 2.24) is 10.3 Å². The van der Waals surface area contributed by atoms with Crippen molar-refractivity contribution in [2.24, 2.45) is 5.92 Å². The minimum absolute atomic E-state index is 0.257. The third-order valence-electron chi connectivity index (χ3n) is 4.01. The molecule has 2 unspecified atom stereocenters. The summed E-state index contributed by atoms with van der Waals surface area (Å²) in [4.78, 5) is 4.13. The van der Waals surface area contributed by atoms with Crippen molar-refractivity contribution in [3.05, 3.63) is 66.0 Å². The van der Waals surface area contributed by atoms with Crippen molar-refractivity contribution in [2.75, 3.05) is 0 Å². The molecule has 0 spiro atoms. The third kappa shape index (κ3) is 3.45. The van der Waals surface area contributed by atoms with Gasteiger partial charge in [-0.15, -0.1) is 0 Å². The van der Waals surface area contributed by atoms with E-state index in [1.807, 2.05) is 12.4 Å². The Morgan fingerprint density at radius 2 is 1.70 bits per heavy atom. The van der Waals surface area contributed by atoms with Crippen molar-refractivity contribution < 1.29 is 0 Å². The van der Waals surface area contributed by atoms with Crippen molar-refractivity contribution in [2.45, 2.75) is 38.3 Å². The summed E-state index contributed by atoms with van der Waals surface area (Å²) >= 11 is 0. The van der Waals surface area contributed by atoms with E-state index in [-0.39, 0.29) is 6.04 Å². The summed E-state index contributed by atoms with van der Waals surface area (Å²) in [6.07, 6.45) is 7.86. The monoisotopic (exact) mass is 266 g/mol. The molecule has 0 saturated heterocycles. The Morgan fingerprint density at radius 3 is 2.35 bits per heavy atom. The molecule has 1 heterocycles. The van der Waals surface area contributed by atoms with Gasteiger partial charge >= 0.3 is 0 Å². The molecule has 1 aromatic carbocycles. The van der Waals surface area contributed by atoms with E-state index in [2.05, 4.69) is 59.7 Å².